The Morgan fingerprint density at radius 2 is 2.19 bits per heavy atom. The molecule has 2 rings (SSSR count). The van der Waals surface area contributed by atoms with Crippen molar-refractivity contribution in [2.24, 2.45) is 0 Å². The zero-order valence-corrected chi connectivity index (χ0v) is 9.84. The summed E-state index contributed by atoms with van der Waals surface area (Å²) in [6.45, 7) is 1.96. The standard InChI is InChI=1S/C12H10N2OS/c1-9-14-11(8-16-9)5-3-10-4-6-12(15-2)13-7-10/h4,6-8H,1-2H3. The van der Waals surface area contributed by atoms with Crippen molar-refractivity contribution in [2.45, 2.75) is 6.92 Å². The number of hydrogen-bond acceptors (Lipinski definition) is 4. The molecule has 0 bridgehead atoms. The lowest BCUT2D eigenvalue weighted by molar-refractivity contribution is 0.398. The molecule has 0 atom stereocenters. The number of nitrogens with zero attached hydrogens (tertiary/aromatic N) is 2. The Bertz CT molecular complexity index is 534. The molecule has 0 aliphatic heterocycles. The number of methoxy groups -OCH3 is 1. The lowest BCUT2D eigenvalue weighted by Gasteiger charge is -1.95. The van der Waals surface area contributed by atoms with E-state index in [4.69, 9.17) is 4.74 Å². The van der Waals surface area contributed by atoms with Gasteiger partial charge in [-0.15, -0.1) is 11.3 Å². The van der Waals surface area contributed by atoms with Gasteiger partial charge in [-0.05, 0) is 18.9 Å². The first-order chi connectivity index (χ1) is 7.78. The van der Waals surface area contributed by atoms with Crippen LogP contribution in [-0.4, -0.2) is 17.1 Å². The van der Waals surface area contributed by atoms with Gasteiger partial charge in [-0.1, -0.05) is 5.92 Å². The van der Waals surface area contributed by atoms with Crippen LogP contribution in [0.2, 0.25) is 0 Å². The molecule has 0 saturated heterocycles. The second-order valence-electron chi connectivity index (χ2n) is 3.09. The molecule has 2 aromatic heterocycles. The second kappa shape index (κ2) is 4.77. The molecular weight excluding hydrogens is 220 g/mol. The monoisotopic (exact) mass is 230 g/mol. The molecule has 80 valence electrons. The summed E-state index contributed by atoms with van der Waals surface area (Å²) in [4.78, 5) is 8.33. The highest BCUT2D eigenvalue weighted by atomic mass is 32.1. The second-order valence-corrected chi connectivity index (χ2v) is 4.15. The predicted octanol–water partition coefficient (Wildman–Crippen LogP) is 2.25. The van der Waals surface area contributed by atoms with Crippen molar-refractivity contribution in [3.05, 3.63) is 40.0 Å². The van der Waals surface area contributed by atoms with E-state index in [1.54, 1.807) is 30.7 Å². The Balaban J connectivity index is 2.17. The fraction of sp³-hybridized carbons (Fsp3) is 0.167. The lowest BCUT2D eigenvalue weighted by atomic mass is 10.3. The molecule has 0 aromatic carbocycles. The van der Waals surface area contributed by atoms with Crippen LogP contribution in [0.3, 0.4) is 0 Å². The van der Waals surface area contributed by atoms with Gasteiger partial charge in [-0.2, -0.15) is 0 Å². The Kier molecular flexibility index (Phi) is 3.18. The van der Waals surface area contributed by atoms with Gasteiger partial charge in [-0.3, -0.25) is 0 Å². The largest absolute Gasteiger partial charge is 0.481 e. The molecule has 0 amide bonds. The third-order valence-electron chi connectivity index (χ3n) is 1.90. The fourth-order valence-corrected chi connectivity index (χ4v) is 1.68. The van der Waals surface area contributed by atoms with Crippen LogP contribution in [0.15, 0.2) is 23.7 Å². The number of pyridine rings is 1. The van der Waals surface area contributed by atoms with Crippen LogP contribution in [-0.2, 0) is 0 Å². The first kappa shape index (κ1) is 10.7. The number of thiazole rings is 1. The first-order valence-corrected chi connectivity index (χ1v) is 5.60. The number of ether oxygens (including phenoxy) is 1. The maximum atomic E-state index is 4.97. The zero-order valence-electron chi connectivity index (χ0n) is 9.02. The minimum atomic E-state index is 0.593. The van der Waals surface area contributed by atoms with Crippen LogP contribution >= 0.6 is 11.3 Å². The summed E-state index contributed by atoms with van der Waals surface area (Å²) in [5, 5.41) is 2.97. The summed E-state index contributed by atoms with van der Waals surface area (Å²) in [6, 6.07) is 3.66. The van der Waals surface area contributed by atoms with Crippen LogP contribution in [0.1, 0.15) is 16.3 Å². The third-order valence-corrected chi connectivity index (χ3v) is 2.67. The van der Waals surface area contributed by atoms with Gasteiger partial charge in [0.2, 0.25) is 5.88 Å². The number of rotatable bonds is 1. The minimum Gasteiger partial charge on any atom is -0.481 e. The summed E-state index contributed by atoms with van der Waals surface area (Å²) >= 11 is 1.60. The molecule has 0 unspecified atom stereocenters. The molecule has 0 spiro atoms. The van der Waals surface area contributed by atoms with Crippen LogP contribution in [0.4, 0.5) is 0 Å². The van der Waals surface area contributed by atoms with E-state index in [1.807, 2.05) is 18.4 Å². The van der Waals surface area contributed by atoms with Gasteiger partial charge < -0.3 is 4.74 Å². The molecule has 0 aliphatic rings. The van der Waals surface area contributed by atoms with Crippen molar-refractivity contribution in [3.8, 4) is 17.7 Å². The Hall–Kier alpha value is -1.86. The van der Waals surface area contributed by atoms with E-state index < -0.39 is 0 Å². The van der Waals surface area contributed by atoms with Gasteiger partial charge >= 0.3 is 0 Å². The van der Waals surface area contributed by atoms with E-state index in [1.165, 1.54) is 0 Å². The molecular formula is C12H10N2OS. The lowest BCUT2D eigenvalue weighted by Crippen LogP contribution is -1.86. The van der Waals surface area contributed by atoms with Crippen LogP contribution < -0.4 is 4.74 Å². The topological polar surface area (TPSA) is 35.0 Å². The summed E-state index contributed by atoms with van der Waals surface area (Å²) in [6.07, 6.45) is 1.69. The molecule has 0 fully saturated rings. The molecule has 2 aromatic rings. The van der Waals surface area contributed by atoms with Gasteiger partial charge in [0.05, 0.1) is 12.1 Å². The third kappa shape index (κ3) is 2.59. The molecule has 0 N–H and O–H groups in total. The average molecular weight is 230 g/mol. The molecule has 0 radical (unpaired) electrons. The number of aryl methyl sites for hydroxylation is 1. The molecule has 4 heteroatoms. The van der Waals surface area contributed by atoms with E-state index in [-0.39, 0.29) is 0 Å². The van der Waals surface area contributed by atoms with Crippen molar-refractivity contribution in [2.75, 3.05) is 7.11 Å². The molecule has 0 saturated carbocycles. The summed E-state index contributed by atoms with van der Waals surface area (Å²) in [5.41, 5.74) is 1.66. The fourth-order valence-electron chi connectivity index (χ4n) is 1.13. The van der Waals surface area contributed by atoms with Gasteiger partial charge in [0, 0.05) is 23.2 Å². The van der Waals surface area contributed by atoms with Crippen molar-refractivity contribution in [3.63, 3.8) is 0 Å². The number of hydrogen-bond donors (Lipinski definition) is 0. The van der Waals surface area contributed by atoms with Gasteiger partial charge in [0.25, 0.3) is 0 Å². The van der Waals surface area contributed by atoms with Gasteiger partial charge in [0.15, 0.2) is 0 Å². The molecule has 2 heterocycles. The van der Waals surface area contributed by atoms with E-state index >= 15 is 0 Å². The average Bonchev–Trinajstić information content (AvgIpc) is 2.73. The van der Waals surface area contributed by atoms with E-state index in [0.29, 0.717) is 5.88 Å². The molecule has 0 aliphatic carbocycles. The van der Waals surface area contributed by atoms with Crippen LogP contribution in [0, 0.1) is 18.8 Å². The predicted molar refractivity (Wildman–Crippen MR) is 63.6 cm³/mol. The quantitative estimate of drug-likeness (QED) is 0.705. The summed E-state index contributed by atoms with van der Waals surface area (Å²) < 4.78 is 4.97. The van der Waals surface area contributed by atoms with E-state index in [0.717, 1.165) is 16.3 Å². The SMILES string of the molecule is COc1ccc(C#Cc2csc(C)n2)cn1. The molecule has 3 nitrogen and oxygen atoms in total. The highest BCUT2D eigenvalue weighted by Gasteiger charge is 1.94. The zero-order chi connectivity index (χ0) is 11.4. The normalized spacial score (nSPS) is 9.38. The van der Waals surface area contributed by atoms with Gasteiger partial charge in [-0.25, -0.2) is 9.97 Å². The smallest absolute Gasteiger partial charge is 0.212 e. The highest BCUT2D eigenvalue weighted by Crippen LogP contribution is 2.08. The maximum Gasteiger partial charge on any atom is 0.212 e. The van der Waals surface area contributed by atoms with Crippen molar-refractivity contribution >= 4 is 11.3 Å². The van der Waals surface area contributed by atoms with Crippen molar-refractivity contribution in [1.29, 1.82) is 0 Å². The summed E-state index contributed by atoms with van der Waals surface area (Å²) in [5.74, 6) is 6.58. The Labute approximate surface area is 98.1 Å². The minimum absolute atomic E-state index is 0.593. The van der Waals surface area contributed by atoms with Crippen LogP contribution in [0.25, 0.3) is 0 Å². The van der Waals surface area contributed by atoms with Gasteiger partial charge in [0.1, 0.15) is 5.69 Å². The Morgan fingerprint density at radius 3 is 2.75 bits per heavy atom. The maximum absolute atomic E-state index is 4.97. The first-order valence-electron chi connectivity index (χ1n) is 4.72. The highest BCUT2D eigenvalue weighted by molar-refractivity contribution is 7.09. The Morgan fingerprint density at radius 1 is 1.31 bits per heavy atom. The van der Waals surface area contributed by atoms with Crippen molar-refractivity contribution < 1.29 is 4.74 Å². The van der Waals surface area contributed by atoms with Crippen molar-refractivity contribution in [1.82, 2.24) is 9.97 Å². The van der Waals surface area contributed by atoms with E-state index in [2.05, 4.69) is 21.8 Å². The number of aromatic nitrogens is 2. The van der Waals surface area contributed by atoms with Crippen LogP contribution in [0.5, 0.6) is 5.88 Å². The summed E-state index contributed by atoms with van der Waals surface area (Å²) in [7, 11) is 1.59. The van der Waals surface area contributed by atoms with E-state index in [9.17, 15) is 0 Å². The molecule has 16 heavy (non-hydrogen) atoms.